The number of halogens is 1. The number of rotatable bonds is 3. The van der Waals surface area contributed by atoms with Gasteiger partial charge in [0.2, 0.25) is 0 Å². The Morgan fingerprint density at radius 1 is 0.826 bits per heavy atom. The molecule has 0 aliphatic rings. The van der Waals surface area contributed by atoms with Crippen LogP contribution in [0.25, 0.3) is 22.3 Å². The lowest BCUT2D eigenvalue weighted by Gasteiger charge is -2.05. The fraction of sp³-hybridized carbons (Fsp3) is 0.167. The zero-order chi connectivity index (χ0) is 14.9. The number of nitrogens with zero attached hydrogens (tertiary/aromatic N) is 4. The molecular formula is C18H17BrN4. The molecule has 0 N–H and O–H groups in total. The Bertz CT molecular complexity index is 947. The first-order valence-electron chi connectivity index (χ1n) is 7.51. The molecule has 0 radical (unpaired) electrons. The predicted molar refractivity (Wildman–Crippen MR) is 98.1 cm³/mol. The molecule has 0 spiro atoms. The lowest BCUT2D eigenvalue weighted by molar-refractivity contribution is 0.727. The molecule has 23 heavy (non-hydrogen) atoms. The standard InChI is InChI=1S/C18H16N4.BrH/c1-2-22-16(12-13-8-4-3-5-9-13)21-17-18(22)20-15-11-7-6-10-14(15)19-17;/h3-11H,2,12H2,1H3;1H. The van der Waals surface area contributed by atoms with E-state index in [0.29, 0.717) is 0 Å². The molecule has 0 bridgehead atoms. The molecule has 4 rings (SSSR count). The summed E-state index contributed by atoms with van der Waals surface area (Å²) in [6.45, 7) is 2.96. The summed E-state index contributed by atoms with van der Waals surface area (Å²) in [6, 6.07) is 18.3. The van der Waals surface area contributed by atoms with E-state index < -0.39 is 0 Å². The van der Waals surface area contributed by atoms with Crippen LogP contribution in [0.5, 0.6) is 0 Å². The highest BCUT2D eigenvalue weighted by Gasteiger charge is 2.13. The van der Waals surface area contributed by atoms with E-state index in [0.717, 1.165) is 41.1 Å². The highest BCUT2D eigenvalue weighted by atomic mass is 79.9. The van der Waals surface area contributed by atoms with Crippen molar-refractivity contribution in [3.05, 3.63) is 66.0 Å². The molecule has 5 heteroatoms. The largest absolute Gasteiger partial charge is 0.311 e. The van der Waals surface area contributed by atoms with E-state index >= 15 is 0 Å². The third-order valence-corrected chi connectivity index (χ3v) is 3.86. The van der Waals surface area contributed by atoms with E-state index in [1.165, 1.54) is 5.56 Å². The van der Waals surface area contributed by atoms with Crippen LogP contribution >= 0.6 is 17.0 Å². The zero-order valence-electron chi connectivity index (χ0n) is 12.8. The Balaban J connectivity index is 0.00000156. The average molecular weight is 369 g/mol. The molecule has 0 aliphatic carbocycles. The number of aryl methyl sites for hydroxylation is 1. The monoisotopic (exact) mass is 368 g/mol. The molecule has 2 aromatic heterocycles. The molecule has 0 aliphatic heterocycles. The van der Waals surface area contributed by atoms with Crippen molar-refractivity contribution in [2.75, 3.05) is 0 Å². The van der Waals surface area contributed by atoms with Gasteiger partial charge in [-0.1, -0.05) is 42.5 Å². The zero-order valence-corrected chi connectivity index (χ0v) is 14.5. The van der Waals surface area contributed by atoms with Crippen LogP contribution in [0.3, 0.4) is 0 Å². The van der Waals surface area contributed by atoms with Gasteiger partial charge in [0.1, 0.15) is 5.82 Å². The van der Waals surface area contributed by atoms with Crippen molar-refractivity contribution < 1.29 is 0 Å². The third kappa shape index (κ3) is 2.84. The maximum Gasteiger partial charge on any atom is 0.198 e. The second-order valence-corrected chi connectivity index (χ2v) is 5.29. The number of imidazole rings is 1. The van der Waals surface area contributed by atoms with Crippen LogP contribution < -0.4 is 0 Å². The third-order valence-electron chi connectivity index (χ3n) is 3.86. The van der Waals surface area contributed by atoms with Crippen molar-refractivity contribution in [2.45, 2.75) is 19.9 Å². The molecule has 0 unspecified atom stereocenters. The van der Waals surface area contributed by atoms with Crippen molar-refractivity contribution in [1.82, 2.24) is 19.5 Å². The van der Waals surface area contributed by atoms with E-state index in [1.807, 2.05) is 30.3 Å². The molecule has 0 saturated carbocycles. The summed E-state index contributed by atoms with van der Waals surface area (Å²) in [5, 5.41) is 0. The molecule has 0 atom stereocenters. The first-order valence-corrected chi connectivity index (χ1v) is 7.51. The fourth-order valence-electron chi connectivity index (χ4n) is 2.79. The van der Waals surface area contributed by atoms with Crippen molar-refractivity contribution >= 4 is 39.3 Å². The van der Waals surface area contributed by atoms with Gasteiger partial charge in [-0.2, -0.15) is 0 Å². The smallest absolute Gasteiger partial charge is 0.198 e. The molecule has 0 fully saturated rings. The Morgan fingerprint density at radius 2 is 1.48 bits per heavy atom. The minimum Gasteiger partial charge on any atom is -0.311 e. The number of fused-ring (bicyclic) bond motifs is 2. The Kier molecular flexibility index (Phi) is 4.39. The first kappa shape index (κ1) is 15.6. The Hall–Kier alpha value is -2.27. The minimum atomic E-state index is 0. The van der Waals surface area contributed by atoms with Crippen molar-refractivity contribution in [2.24, 2.45) is 0 Å². The normalized spacial score (nSPS) is 10.8. The van der Waals surface area contributed by atoms with E-state index in [2.05, 4.69) is 40.7 Å². The SMILES string of the molecule is Br.CCn1c(Cc2ccccc2)nc2nc3ccccc3nc21. The molecule has 4 aromatic rings. The van der Waals surface area contributed by atoms with E-state index in [4.69, 9.17) is 9.97 Å². The maximum absolute atomic E-state index is 4.75. The summed E-state index contributed by atoms with van der Waals surface area (Å²) in [7, 11) is 0. The maximum atomic E-state index is 4.75. The molecule has 0 saturated heterocycles. The summed E-state index contributed by atoms with van der Waals surface area (Å²) >= 11 is 0. The van der Waals surface area contributed by atoms with E-state index in [1.54, 1.807) is 0 Å². The summed E-state index contributed by atoms with van der Waals surface area (Å²) < 4.78 is 2.15. The highest BCUT2D eigenvalue weighted by molar-refractivity contribution is 8.93. The van der Waals surface area contributed by atoms with Gasteiger partial charge in [0.15, 0.2) is 11.3 Å². The Morgan fingerprint density at radius 3 is 2.17 bits per heavy atom. The topological polar surface area (TPSA) is 43.6 Å². The van der Waals surface area contributed by atoms with Crippen LogP contribution in [0.2, 0.25) is 0 Å². The van der Waals surface area contributed by atoms with Gasteiger partial charge >= 0.3 is 0 Å². The lowest BCUT2D eigenvalue weighted by atomic mass is 10.1. The van der Waals surface area contributed by atoms with Gasteiger partial charge in [-0.05, 0) is 24.6 Å². The molecule has 2 aromatic carbocycles. The second kappa shape index (κ2) is 6.46. The summed E-state index contributed by atoms with van der Waals surface area (Å²) in [5.41, 5.74) is 4.65. The second-order valence-electron chi connectivity index (χ2n) is 5.29. The van der Waals surface area contributed by atoms with Gasteiger partial charge in [0.25, 0.3) is 0 Å². The number of hydrogen-bond acceptors (Lipinski definition) is 3. The Labute approximate surface area is 145 Å². The minimum absolute atomic E-state index is 0. The first-order chi connectivity index (χ1) is 10.8. The van der Waals surface area contributed by atoms with Gasteiger partial charge in [-0.3, -0.25) is 0 Å². The van der Waals surface area contributed by atoms with Crippen molar-refractivity contribution in [1.29, 1.82) is 0 Å². The van der Waals surface area contributed by atoms with E-state index in [-0.39, 0.29) is 17.0 Å². The van der Waals surface area contributed by atoms with Crippen LogP contribution in [0.1, 0.15) is 18.3 Å². The van der Waals surface area contributed by atoms with Gasteiger partial charge in [0, 0.05) is 13.0 Å². The number of benzene rings is 2. The molecule has 0 amide bonds. The predicted octanol–water partition coefficient (Wildman–Crippen LogP) is 4.17. The summed E-state index contributed by atoms with van der Waals surface area (Å²) in [5.74, 6) is 1.01. The quantitative estimate of drug-likeness (QED) is 0.545. The number of para-hydroxylation sites is 2. The van der Waals surface area contributed by atoms with Crippen molar-refractivity contribution in [3.63, 3.8) is 0 Å². The molecular weight excluding hydrogens is 352 g/mol. The number of aromatic nitrogens is 4. The van der Waals surface area contributed by atoms with Gasteiger partial charge in [-0.15, -0.1) is 17.0 Å². The molecule has 4 nitrogen and oxygen atoms in total. The molecule has 116 valence electrons. The fourth-order valence-corrected chi connectivity index (χ4v) is 2.79. The summed E-state index contributed by atoms with van der Waals surface area (Å²) in [4.78, 5) is 14.1. The highest BCUT2D eigenvalue weighted by Crippen LogP contribution is 2.19. The van der Waals surface area contributed by atoms with Crippen LogP contribution in [-0.2, 0) is 13.0 Å². The van der Waals surface area contributed by atoms with Gasteiger partial charge < -0.3 is 4.57 Å². The summed E-state index contributed by atoms with van der Waals surface area (Å²) in [6.07, 6.45) is 0.795. The van der Waals surface area contributed by atoms with Crippen molar-refractivity contribution in [3.8, 4) is 0 Å². The van der Waals surface area contributed by atoms with Gasteiger partial charge in [0.05, 0.1) is 11.0 Å². The van der Waals surface area contributed by atoms with Crippen LogP contribution in [0.4, 0.5) is 0 Å². The average Bonchev–Trinajstić information content (AvgIpc) is 2.89. The molecule has 2 heterocycles. The van der Waals surface area contributed by atoms with Crippen LogP contribution in [0, 0.1) is 0 Å². The number of hydrogen-bond donors (Lipinski definition) is 0. The van der Waals surface area contributed by atoms with E-state index in [9.17, 15) is 0 Å². The van der Waals surface area contributed by atoms with Gasteiger partial charge in [-0.25, -0.2) is 15.0 Å². The van der Waals surface area contributed by atoms with Crippen LogP contribution in [-0.4, -0.2) is 19.5 Å². The van der Waals surface area contributed by atoms with Crippen LogP contribution in [0.15, 0.2) is 54.6 Å². The lowest BCUT2D eigenvalue weighted by Crippen LogP contribution is -2.03.